The van der Waals surface area contributed by atoms with Crippen LogP contribution in [0.4, 0.5) is 0 Å². The number of guanidine groups is 1. The van der Waals surface area contributed by atoms with Crippen molar-refractivity contribution in [1.82, 2.24) is 20.0 Å². The Kier molecular flexibility index (Phi) is 3.86. The maximum absolute atomic E-state index is 5.85. The van der Waals surface area contributed by atoms with E-state index < -0.39 is 0 Å². The third-order valence-electron chi connectivity index (χ3n) is 3.10. The second kappa shape index (κ2) is 5.39. The highest BCUT2D eigenvalue weighted by atomic mass is 15.2. The van der Waals surface area contributed by atoms with Crippen molar-refractivity contribution in [3.05, 3.63) is 18.0 Å². The van der Waals surface area contributed by atoms with E-state index in [4.69, 9.17) is 5.73 Å². The lowest BCUT2D eigenvalue weighted by Gasteiger charge is -2.21. The van der Waals surface area contributed by atoms with Crippen molar-refractivity contribution >= 4 is 5.96 Å². The van der Waals surface area contributed by atoms with Gasteiger partial charge >= 0.3 is 0 Å². The summed E-state index contributed by atoms with van der Waals surface area (Å²) in [6.07, 6.45) is 6.31. The third-order valence-corrected chi connectivity index (χ3v) is 3.10. The van der Waals surface area contributed by atoms with Crippen LogP contribution in [0.25, 0.3) is 0 Å². The number of likely N-dealkylation sites (N-methyl/N-ethyl adjacent to an activating group) is 1. The number of aromatic nitrogens is 2. The van der Waals surface area contributed by atoms with Crippen molar-refractivity contribution in [3.63, 3.8) is 0 Å². The number of hydrogen-bond acceptors (Lipinski definition) is 3. The van der Waals surface area contributed by atoms with Gasteiger partial charge in [-0.15, -0.1) is 0 Å². The van der Waals surface area contributed by atoms with Crippen molar-refractivity contribution in [2.45, 2.75) is 24.9 Å². The summed E-state index contributed by atoms with van der Waals surface area (Å²) >= 11 is 0. The van der Waals surface area contributed by atoms with Crippen LogP contribution in [0.5, 0.6) is 0 Å². The molecule has 6 heteroatoms. The molecule has 3 N–H and O–H groups in total. The van der Waals surface area contributed by atoms with Gasteiger partial charge in [-0.2, -0.15) is 5.10 Å². The molecule has 1 aliphatic rings. The highest BCUT2D eigenvalue weighted by molar-refractivity contribution is 5.78. The molecule has 100 valence electrons. The zero-order valence-electron chi connectivity index (χ0n) is 11.3. The SMILES string of the molecule is CN(C)C(CN=C(N)NC1CC1)c1cnn(C)c1. The van der Waals surface area contributed by atoms with E-state index in [1.165, 1.54) is 12.8 Å². The molecule has 1 unspecified atom stereocenters. The number of rotatable bonds is 5. The highest BCUT2D eigenvalue weighted by Crippen LogP contribution is 2.19. The van der Waals surface area contributed by atoms with Gasteiger partial charge in [0.15, 0.2) is 5.96 Å². The number of aryl methyl sites for hydroxylation is 1. The minimum Gasteiger partial charge on any atom is -0.370 e. The number of nitrogens with two attached hydrogens (primary N) is 1. The summed E-state index contributed by atoms with van der Waals surface area (Å²) in [5.74, 6) is 0.549. The van der Waals surface area contributed by atoms with E-state index in [9.17, 15) is 0 Å². The van der Waals surface area contributed by atoms with Crippen LogP contribution >= 0.6 is 0 Å². The summed E-state index contributed by atoms with van der Waals surface area (Å²) in [4.78, 5) is 6.55. The van der Waals surface area contributed by atoms with E-state index in [-0.39, 0.29) is 6.04 Å². The molecule has 1 saturated carbocycles. The third kappa shape index (κ3) is 3.46. The van der Waals surface area contributed by atoms with Crippen molar-refractivity contribution < 1.29 is 0 Å². The normalized spacial score (nSPS) is 18.1. The Morgan fingerprint density at radius 3 is 2.89 bits per heavy atom. The van der Waals surface area contributed by atoms with Crippen molar-refractivity contribution in [3.8, 4) is 0 Å². The molecule has 1 heterocycles. The average molecular weight is 250 g/mol. The van der Waals surface area contributed by atoms with Gasteiger partial charge in [0, 0.05) is 24.8 Å². The smallest absolute Gasteiger partial charge is 0.188 e. The molecule has 0 aromatic carbocycles. The van der Waals surface area contributed by atoms with Crippen LogP contribution in [0.2, 0.25) is 0 Å². The Morgan fingerprint density at radius 1 is 1.67 bits per heavy atom. The largest absolute Gasteiger partial charge is 0.370 e. The minimum atomic E-state index is 0.207. The first kappa shape index (κ1) is 12.9. The number of hydrogen-bond donors (Lipinski definition) is 2. The lowest BCUT2D eigenvalue weighted by molar-refractivity contribution is 0.306. The van der Waals surface area contributed by atoms with Crippen LogP contribution < -0.4 is 11.1 Å². The molecule has 0 amide bonds. The maximum Gasteiger partial charge on any atom is 0.188 e. The van der Waals surface area contributed by atoms with E-state index >= 15 is 0 Å². The van der Waals surface area contributed by atoms with E-state index in [0.29, 0.717) is 18.5 Å². The van der Waals surface area contributed by atoms with Crippen LogP contribution in [0, 0.1) is 0 Å². The van der Waals surface area contributed by atoms with Gasteiger partial charge < -0.3 is 16.0 Å². The fourth-order valence-electron chi connectivity index (χ4n) is 1.85. The van der Waals surface area contributed by atoms with Gasteiger partial charge in [-0.3, -0.25) is 9.67 Å². The zero-order chi connectivity index (χ0) is 13.1. The van der Waals surface area contributed by atoms with Crippen LogP contribution in [0.1, 0.15) is 24.4 Å². The Bertz CT molecular complexity index is 418. The summed E-state index contributed by atoms with van der Waals surface area (Å²) in [5.41, 5.74) is 7.00. The molecule has 1 aromatic rings. The molecule has 18 heavy (non-hydrogen) atoms. The molecule has 1 aliphatic carbocycles. The Morgan fingerprint density at radius 2 is 2.39 bits per heavy atom. The first-order chi connectivity index (χ1) is 8.56. The summed E-state index contributed by atoms with van der Waals surface area (Å²) in [6.45, 7) is 0.643. The van der Waals surface area contributed by atoms with E-state index in [2.05, 4.69) is 20.3 Å². The second-order valence-corrected chi connectivity index (χ2v) is 5.07. The average Bonchev–Trinajstić information content (AvgIpc) is 3.00. The Balaban J connectivity index is 1.97. The zero-order valence-corrected chi connectivity index (χ0v) is 11.3. The van der Waals surface area contributed by atoms with Gasteiger partial charge in [0.2, 0.25) is 0 Å². The predicted octanol–water partition coefficient (Wildman–Crippen LogP) is 0.0895. The van der Waals surface area contributed by atoms with Gasteiger partial charge in [0.1, 0.15) is 0 Å². The maximum atomic E-state index is 5.85. The predicted molar refractivity (Wildman–Crippen MR) is 72.3 cm³/mol. The van der Waals surface area contributed by atoms with Crippen LogP contribution in [0.3, 0.4) is 0 Å². The standard InChI is InChI=1S/C12H22N6/c1-17(2)11(9-6-15-18(3)8-9)7-14-12(13)16-10-4-5-10/h6,8,10-11H,4-5,7H2,1-3H3,(H3,13,14,16). The van der Waals surface area contributed by atoms with Gasteiger partial charge in [-0.05, 0) is 26.9 Å². The summed E-state index contributed by atoms with van der Waals surface area (Å²) in [6, 6.07) is 0.753. The Hall–Kier alpha value is -1.56. The quantitative estimate of drug-likeness (QED) is 0.574. The van der Waals surface area contributed by atoms with Gasteiger partial charge in [-0.1, -0.05) is 0 Å². The van der Waals surface area contributed by atoms with Crippen molar-refractivity contribution in [2.75, 3.05) is 20.6 Å². The van der Waals surface area contributed by atoms with E-state index in [1.54, 1.807) is 4.68 Å². The second-order valence-electron chi connectivity index (χ2n) is 5.07. The minimum absolute atomic E-state index is 0.207. The number of nitrogens with one attached hydrogen (secondary N) is 1. The van der Waals surface area contributed by atoms with Crippen LogP contribution in [0.15, 0.2) is 17.4 Å². The van der Waals surface area contributed by atoms with E-state index in [0.717, 1.165) is 5.56 Å². The molecule has 1 atom stereocenters. The number of nitrogens with zero attached hydrogens (tertiary/aromatic N) is 4. The molecule has 0 radical (unpaired) electrons. The van der Waals surface area contributed by atoms with Crippen molar-refractivity contribution in [2.24, 2.45) is 17.8 Å². The molecular weight excluding hydrogens is 228 g/mol. The highest BCUT2D eigenvalue weighted by Gasteiger charge is 2.21. The monoisotopic (exact) mass is 250 g/mol. The summed E-state index contributed by atoms with van der Waals surface area (Å²) in [7, 11) is 6.00. The van der Waals surface area contributed by atoms with Gasteiger partial charge in [0.25, 0.3) is 0 Å². The topological polar surface area (TPSA) is 71.5 Å². The Labute approximate surface area is 108 Å². The molecule has 1 fully saturated rings. The molecule has 0 saturated heterocycles. The van der Waals surface area contributed by atoms with Crippen molar-refractivity contribution in [1.29, 1.82) is 0 Å². The van der Waals surface area contributed by atoms with Gasteiger partial charge in [-0.25, -0.2) is 0 Å². The molecule has 0 bridgehead atoms. The summed E-state index contributed by atoms with van der Waals surface area (Å²) < 4.78 is 1.81. The van der Waals surface area contributed by atoms with Crippen LogP contribution in [-0.4, -0.2) is 47.3 Å². The van der Waals surface area contributed by atoms with Gasteiger partial charge in [0.05, 0.1) is 18.8 Å². The lowest BCUT2D eigenvalue weighted by atomic mass is 10.1. The lowest BCUT2D eigenvalue weighted by Crippen LogP contribution is -2.34. The fourth-order valence-corrected chi connectivity index (χ4v) is 1.85. The fraction of sp³-hybridized carbons (Fsp3) is 0.667. The molecule has 2 rings (SSSR count). The molecule has 0 spiro atoms. The van der Waals surface area contributed by atoms with Crippen LogP contribution in [-0.2, 0) is 7.05 Å². The molecule has 6 nitrogen and oxygen atoms in total. The molecular formula is C12H22N6. The molecule has 0 aliphatic heterocycles. The van der Waals surface area contributed by atoms with E-state index in [1.807, 2.05) is 33.5 Å². The first-order valence-corrected chi connectivity index (χ1v) is 6.27. The first-order valence-electron chi connectivity index (χ1n) is 6.27. The number of aliphatic imine (C=N–C) groups is 1. The molecule has 1 aromatic heterocycles. The summed E-state index contributed by atoms with van der Waals surface area (Å²) in [5, 5.41) is 7.39.